The largest absolute Gasteiger partial charge is 0.507 e. The summed E-state index contributed by atoms with van der Waals surface area (Å²) >= 11 is 0. The summed E-state index contributed by atoms with van der Waals surface area (Å²) in [6, 6.07) is 5.04. The van der Waals surface area contributed by atoms with Crippen molar-refractivity contribution in [2.45, 2.75) is 104 Å². The Morgan fingerprint density at radius 3 is 2.42 bits per heavy atom. The second-order valence-corrected chi connectivity index (χ2v) is 10.6. The number of phenols is 1. The molecule has 8 nitrogen and oxygen atoms in total. The van der Waals surface area contributed by atoms with E-state index in [9.17, 15) is 19.5 Å². The van der Waals surface area contributed by atoms with Crippen molar-refractivity contribution in [2.75, 3.05) is 0 Å². The first-order valence-corrected chi connectivity index (χ1v) is 12.8. The van der Waals surface area contributed by atoms with Gasteiger partial charge in [0.25, 0.3) is 5.91 Å². The van der Waals surface area contributed by atoms with E-state index in [2.05, 4.69) is 16.7 Å². The molecule has 1 aliphatic carbocycles. The summed E-state index contributed by atoms with van der Waals surface area (Å²) in [5.74, 6) is -1.49. The Bertz CT molecular complexity index is 972. The molecule has 1 aromatic rings. The maximum atomic E-state index is 13.8. The van der Waals surface area contributed by atoms with Gasteiger partial charge in [0, 0.05) is 17.6 Å². The van der Waals surface area contributed by atoms with E-state index in [1.807, 2.05) is 13.8 Å². The van der Waals surface area contributed by atoms with Gasteiger partial charge in [-0.3, -0.25) is 14.5 Å². The Labute approximate surface area is 215 Å². The third-order valence-electron chi connectivity index (χ3n) is 6.55. The summed E-state index contributed by atoms with van der Waals surface area (Å²) in [5, 5.41) is 16.5. The summed E-state index contributed by atoms with van der Waals surface area (Å²) in [5.41, 5.74) is 0.0295. The zero-order valence-corrected chi connectivity index (χ0v) is 22.4. The molecule has 1 saturated carbocycles. The molecule has 1 aromatic carbocycles. The first-order chi connectivity index (χ1) is 16.9. The number of amides is 3. The lowest BCUT2D eigenvalue weighted by Crippen LogP contribution is -2.54. The SMILES string of the molecule is C#CN(C(=O)C(NC(=O)OC(C)(C)C)C(C)CC)C(C(=O)NC1CCCCC1)c1cccc(C)c1O. The first kappa shape index (κ1) is 29.0. The quantitative estimate of drug-likeness (QED) is 0.359. The molecule has 1 aliphatic rings. The van der Waals surface area contributed by atoms with Gasteiger partial charge < -0.3 is 20.5 Å². The van der Waals surface area contributed by atoms with Gasteiger partial charge in [0.05, 0.1) is 0 Å². The fourth-order valence-corrected chi connectivity index (χ4v) is 4.36. The molecule has 0 heterocycles. The van der Waals surface area contributed by atoms with Crippen LogP contribution in [0.3, 0.4) is 0 Å². The van der Waals surface area contributed by atoms with Crippen LogP contribution in [-0.2, 0) is 14.3 Å². The van der Waals surface area contributed by atoms with Crippen molar-refractivity contribution in [3.63, 3.8) is 0 Å². The van der Waals surface area contributed by atoms with Gasteiger partial charge in [0.15, 0.2) is 6.04 Å². The molecule has 0 spiro atoms. The number of nitrogens with one attached hydrogen (secondary N) is 2. The van der Waals surface area contributed by atoms with Gasteiger partial charge in [-0.05, 0) is 52.0 Å². The highest BCUT2D eigenvalue weighted by Gasteiger charge is 2.39. The zero-order chi connectivity index (χ0) is 27.0. The van der Waals surface area contributed by atoms with Gasteiger partial charge in [-0.1, -0.05) is 64.2 Å². The molecule has 3 amide bonds. The second-order valence-electron chi connectivity index (χ2n) is 10.6. The van der Waals surface area contributed by atoms with Gasteiger partial charge in [0.1, 0.15) is 17.4 Å². The minimum Gasteiger partial charge on any atom is -0.507 e. The van der Waals surface area contributed by atoms with Crippen molar-refractivity contribution in [3.8, 4) is 18.2 Å². The van der Waals surface area contributed by atoms with Crippen molar-refractivity contribution in [2.24, 2.45) is 5.92 Å². The number of para-hydroxylation sites is 1. The van der Waals surface area contributed by atoms with E-state index in [4.69, 9.17) is 11.2 Å². The van der Waals surface area contributed by atoms with E-state index in [1.165, 1.54) is 0 Å². The van der Waals surface area contributed by atoms with Gasteiger partial charge in [0.2, 0.25) is 5.91 Å². The van der Waals surface area contributed by atoms with Crippen molar-refractivity contribution >= 4 is 17.9 Å². The normalized spacial score (nSPS) is 16.7. The maximum absolute atomic E-state index is 13.8. The molecular formula is C28H41N3O5. The lowest BCUT2D eigenvalue weighted by molar-refractivity contribution is -0.139. The van der Waals surface area contributed by atoms with Crippen LogP contribution in [0.1, 0.15) is 90.3 Å². The van der Waals surface area contributed by atoms with Crippen molar-refractivity contribution in [1.29, 1.82) is 0 Å². The van der Waals surface area contributed by atoms with Gasteiger partial charge in [-0.15, -0.1) is 0 Å². The molecule has 2 rings (SSSR count). The topological polar surface area (TPSA) is 108 Å². The lowest BCUT2D eigenvalue weighted by Gasteiger charge is -2.34. The Morgan fingerprint density at radius 1 is 1.22 bits per heavy atom. The summed E-state index contributed by atoms with van der Waals surface area (Å²) in [6.07, 6.45) is 10.5. The Hall–Kier alpha value is -3.21. The third kappa shape index (κ3) is 7.64. The molecule has 0 bridgehead atoms. The number of ether oxygens (including phenoxy) is 1. The molecule has 36 heavy (non-hydrogen) atoms. The molecule has 0 saturated heterocycles. The predicted molar refractivity (Wildman–Crippen MR) is 139 cm³/mol. The zero-order valence-electron chi connectivity index (χ0n) is 22.4. The maximum Gasteiger partial charge on any atom is 0.408 e. The summed E-state index contributed by atoms with van der Waals surface area (Å²) in [6.45, 7) is 10.6. The Balaban J connectivity index is 2.46. The molecule has 198 valence electrons. The molecule has 0 aliphatic heterocycles. The van der Waals surface area contributed by atoms with Crippen LogP contribution in [0.15, 0.2) is 18.2 Å². The first-order valence-electron chi connectivity index (χ1n) is 12.8. The van der Waals surface area contributed by atoms with E-state index >= 15 is 0 Å². The number of aromatic hydroxyl groups is 1. The van der Waals surface area contributed by atoms with Crippen LogP contribution in [0.5, 0.6) is 5.75 Å². The summed E-state index contributed by atoms with van der Waals surface area (Å²) in [4.78, 5) is 41.0. The summed E-state index contributed by atoms with van der Waals surface area (Å²) < 4.78 is 5.36. The monoisotopic (exact) mass is 499 g/mol. The Morgan fingerprint density at radius 2 is 1.86 bits per heavy atom. The number of nitrogens with zero attached hydrogens (tertiary/aromatic N) is 1. The smallest absolute Gasteiger partial charge is 0.408 e. The van der Waals surface area contributed by atoms with Crippen LogP contribution >= 0.6 is 0 Å². The minimum absolute atomic E-state index is 0.0271. The average Bonchev–Trinajstić information content (AvgIpc) is 2.81. The number of aryl methyl sites for hydroxylation is 1. The number of benzene rings is 1. The molecule has 3 N–H and O–H groups in total. The second kappa shape index (κ2) is 12.7. The third-order valence-corrected chi connectivity index (χ3v) is 6.55. The lowest BCUT2D eigenvalue weighted by atomic mass is 9.93. The molecule has 1 fully saturated rings. The van der Waals surface area contributed by atoms with Crippen molar-refractivity contribution in [1.82, 2.24) is 15.5 Å². The van der Waals surface area contributed by atoms with Crippen LogP contribution in [0.4, 0.5) is 4.79 Å². The molecule has 0 aromatic heterocycles. The highest BCUT2D eigenvalue weighted by atomic mass is 16.6. The minimum atomic E-state index is -1.27. The van der Waals surface area contributed by atoms with Crippen LogP contribution in [-0.4, -0.2) is 45.6 Å². The van der Waals surface area contributed by atoms with Gasteiger partial charge >= 0.3 is 6.09 Å². The average molecular weight is 500 g/mol. The Kier molecular flexibility index (Phi) is 10.2. The molecule has 3 unspecified atom stereocenters. The molecule has 0 radical (unpaired) electrons. The van der Waals surface area contributed by atoms with Crippen LogP contribution in [0.2, 0.25) is 0 Å². The number of terminal acetylenes is 1. The number of carbonyl (C=O) groups excluding carboxylic acids is 3. The number of alkyl carbamates (subject to hydrolysis) is 1. The highest BCUT2D eigenvalue weighted by molar-refractivity contribution is 5.94. The predicted octanol–water partition coefficient (Wildman–Crippen LogP) is 4.55. The summed E-state index contributed by atoms with van der Waals surface area (Å²) in [7, 11) is 0. The van der Waals surface area contributed by atoms with Crippen molar-refractivity contribution in [3.05, 3.63) is 29.3 Å². The number of phenolic OH excluding ortho intramolecular Hbond substituents is 1. The van der Waals surface area contributed by atoms with E-state index in [-0.39, 0.29) is 23.3 Å². The molecule has 8 heteroatoms. The van der Waals surface area contributed by atoms with Gasteiger partial charge in [-0.2, -0.15) is 0 Å². The van der Waals surface area contributed by atoms with E-state index in [0.717, 1.165) is 37.0 Å². The number of hydrogen-bond acceptors (Lipinski definition) is 5. The van der Waals surface area contributed by atoms with E-state index in [0.29, 0.717) is 12.0 Å². The van der Waals surface area contributed by atoms with E-state index < -0.39 is 35.6 Å². The van der Waals surface area contributed by atoms with Crippen LogP contribution < -0.4 is 10.6 Å². The molecule has 3 atom stereocenters. The highest BCUT2D eigenvalue weighted by Crippen LogP contribution is 2.33. The number of carbonyl (C=O) groups is 3. The van der Waals surface area contributed by atoms with Crippen molar-refractivity contribution < 1.29 is 24.2 Å². The van der Waals surface area contributed by atoms with Gasteiger partial charge in [-0.25, -0.2) is 4.79 Å². The van der Waals surface area contributed by atoms with E-state index in [1.54, 1.807) is 45.9 Å². The van der Waals surface area contributed by atoms with Crippen LogP contribution in [0.25, 0.3) is 0 Å². The standard InChI is InChI=1S/C28H41N3O5/c1-8-18(3)22(30-27(35)36-28(5,6)7)26(34)31(9-2)23(21-17-13-14-19(4)24(21)32)25(33)29-20-15-11-10-12-16-20/h2,13-14,17-18,20,22-23,32H,8,10-12,15-16H2,1,3-7H3,(H,29,33)(H,30,35). The number of hydrogen-bond donors (Lipinski definition) is 3. The molecular weight excluding hydrogens is 458 g/mol. The number of rotatable bonds is 8. The fourth-order valence-electron chi connectivity index (χ4n) is 4.36. The van der Waals surface area contributed by atoms with Crippen LogP contribution in [0, 0.1) is 25.3 Å². The fraction of sp³-hybridized carbons (Fsp3) is 0.607.